The van der Waals surface area contributed by atoms with Crippen molar-refractivity contribution in [3.63, 3.8) is 0 Å². The molecule has 0 saturated carbocycles. The van der Waals surface area contributed by atoms with Crippen LogP contribution in [0.3, 0.4) is 0 Å². The summed E-state index contributed by atoms with van der Waals surface area (Å²) >= 11 is 0. The molecule has 2 rings (SSSR count). The molecular weight excluding hydrogens is 336 g/mol. The van der Waals surface area contributed by atoms with E-state index in [1.807, 2.05) is 6.07 Å². The number of nitriles is 1. The Labute approximate surface area is 149 Å². The summed E-state index contributed by atoms with van der Waals surface area (Å²) in [4.78, 5) is 34.9. The Bertz CT molecular complexity index is 885. The zero-order valence-electron chi connectivity index (χ0n) is 13.9. The number of rotatable bonds is 6. The standard InChI is InChI=1S/C19H16N2O5/c1-12(22)26-16-8-4-7-14(9-16)18(23)21-17(19(24)25)10-13-5-2-3-6-15(13)11-20/h2-9,17H,10H2,1H3,(H,21,23)(H,24,25)/t17-/m0/s1. The third-order valence-electron chi connectivity index (χ3n) is 3.52. The number of nitrogens with zero attached hydrogens (tertiary/aromatic N) is 1. The topological polar surface area (TPSA) is 116 Å². The monoisotopic (exact) mass is 352 g/mol. The van der Waals surface area contributed by atoms with Gasteiger partial charge >= 0.3 is 11.9 Å². The molecular formula is C19H16N2O5. The average Bonchev–Trinajstić information content (AvgIpc) is 2.61. The van der Waals surface area contributed by atoms with Crippen LogP contribution in [0.5, 0.6) is 5.75 Å². The Morgan fingerprint density at radius 1 is 1.19 bits per heavy atom. The third kappa shape index (κ3) is 4.92. The quantitative estimate of drug-likeness (QED) is 0.606. The van der Waals surface area contributed by atoms with Gasteiger partial charge in [0.1, 0.15) is 11.8 Å². The maximum absolute atomic E-state index is 12.4. The lowest BCUT2D eigenvalue weighted by Gasteiger charge is -2.15. The van der Waals surface area contributed by atoms with E-state index in [1.54, 1.807) is 24.3 Å². The van der Waals surface area contributed by atoms with E-state index in [1.165, 1.54) is 31.2 Å². The highest BCUT2D eigenvalue weighted by Crippen LogP contribution is 2.15. The second-order valence-corrected chi connectivity index (χ2v) is 5.46. The number of esters is 1. The van der Waals surface area contributed by atoms with E-state index in [0.717, 1.165) is 0 Å². The van der Waals surface area contributed by atoms with Crippen molar-refractivity contribution in [1.29, 1.82) is 5.26 Å². The third-order valence-corrected chi connectivity index (χ3v) is 3.52. The number of carboxylic acid groups (broad SMARTS) is 1. The number of amides is 1. The number of ether oxygens (including phenoxy) is 1. The van der Waals surface area contributed by atoms with E-state index < -0.39 is 23.9 Å². The van der Waals surface area contributed by atoms with Crippen molar-refractivity contribution in [1.82, 2.24) is 5.32 Å². The molecule has 2 aromatic carbocycles. The highest BCUT2D eigenvalue weighted by Gasteiger charge is 2.22. The Morgan fingerprint density at radius 3 is 2.58 bits per heavy atom. The van der Waals surface area contributed by atoms with Gasteiger partial charge in [-0.05, 0) is 29.8 Å². The van der Waals surface area contributed by atoms with E-state index in [-0.39, 0.29) is 17.7 Å². The summed E-state index contributed by atoms with van der Waals surface area (Å²) < 4.78 is 4.91. The van der Waals surface area contributed by atoms with Gasteiger partial charge in [0.2, 0.25) is 0 Å². The summed E-state index contributed by atoms with van der Waals surface area (Å²) in [6, 6.07) is 13.2. The Balaban J connectivity index is 2.17. The van der Waals surface area contributed by atoms with Crippen molar-refractivity contribution >= 4 is 17.8 Å². The van der Waals surface area contributed by atoms with E-state index in [2.05, 4.69) is 5.32 Å². The molecule has 0 aliphatic heterocycles. The summed E-state index contributed by atoms with van der Waals surface area (Å²) in [7, 11) is 0. The molecule has 0 aliphatic rings. The molecule has 1 amide bonds. The molecule has 7 heteroatoms. The van der Waals surface area contributed by atoms with Crippen molar-refractivity contribution in [2.75, 3.05) is 0 Å². The maximum Gasteiger partial charge on any atom is 0.326 e. The van der Waals surface area contributed by atoms with Gasteiger partial charge in [-0.15, -0.1) is 0 Å². The Morgan fingerprint density at radius 2 is 1.92 bits per heavy atom. The van der Waals surface area contributed by atoms with E-state index in [4.69, 9.17) is 10.00 Å². The Kier molecular flexibility index (Phi) is 6.06. The van der Waals surface area contributed by atoms with Gasteiger partial charge in [-0.3, -0.25) is 9.59 Å². The van der Waals surface area contributed by atoms with Crippen molar-refractivity contribution in [3.8, 4) is 11.8 Å². The minimum absolute atomic E-state index is 0.0333. The number of benzene rings is 2. The SMILES string of the molecule is CC(=O)Oc1cccc(C(=O)N[C@@H](Cc2ccccc2C#N)C(=O)O)c1. The number of hydrogen-bond donors (Lipinski definition) is 2. The average molecular weight is 352 g/mol. The van der Waals surface area contributed by atoms with Crippen LogP contribution < -0.4 is 10.1 Å². The van der Waals surface area contributed by atoms with Gasteiger partial charge in [0.15, 0.2) is 0 Å². The van der Waals surface area contributed by atoms with Crippen LogP contribution in [0.4, 0.5) is 0 Å². The molecule has 1 atom stereocenters. The number of carboxylic acids is 1. The van der Waals surface area contributed by atoms with Gasteiger partial charge in [0, 0.05) is 18.9 Å². The van der Waals surface area contributed by atoms with Crippen LogP contribution in [0, 0.1) is 11.3 Å². The number of carbonyl (C=O) groups is 3. The van der Waals surface area contributed by atoms with Crippen LogP contribution >= 0.6 is 0 Å². The molecule has 0 aliphatic carbocycles. The van der Waals surface area contributed by atoms with Crippen LogP contribution in [0.1, 0.15) is 28.4 Å². The van der Waals surface area contributed by atoms with Crippen LogP contribution in [-0.4, -0.2) is 29.0 Å². The van der Waals surface area contributed by atoms with Crippen LogP contribution in [0.25, 0.3) is 0 Å². The predicted molar refractivity (Wildman–Crippen MR) is 91.5 cm³/mol. The van der Waals surface area contributed by atoms with Gasteiger partial charge in [-0.25, -0.2) is 4.79 Å². The van der Waals surface area contributed by atoms with Gasteiger partial charge in [0.25, 0.3) is 5.91 Å². The van der Waals surface area contributed by atoms with E-state index in [0.29, 0.717) is 11.1 Å². The highest BCUT2D eigenvalue weighted by molar-refractivity contribution is 5.97. The zero-order valence-corrected chi connectivity index (χ0v) is 13.9. The van der Waals surface area contributed by atoms with E-state index in [9.17, 15) is 19.5 Å². The van der Waals surface area contributed by atoms with Gasteiger partial charge < -0.3 is 15.2 Å². The molecule has 26 heavy (non-hydrogen) atoms. The first-order valence-electron chi connectivity index (χ1n) is 7.71. The number of nitrogens with one attached hydrogen (secondary N) is 1. The molecule has 7 nitrogen and oxygen atoms in total. The largest absolute Gasteiger partial charge is 0.480 e. The minimum atomic E-state index is -1.22. The molecule has 0 unspecified atom stereocenters. The summed E-state index contributed by atoms with van der Waals surface area (Å²) in [5.74, 6) is -2.19. The molecule has 132 valence electrons. The lowest BCUT2D eigenvalue weighted by molar-refractivity contribution is -0.139. The number of carbonyl (C=O) groups excluding carboxylic acids is 2. The van der Waals surface area contributed by atoms with Crippen molar-refractivity contribution in [2.45, 2.75) is 19.4 Å². The minimum Gasteiger partial charge on any atom is -0.480 e. The fourth-order valence-electron chi connectivity index (χ4n) is 2.34. The Hall–Kier alpha value is -3.66. The van der Waals surface area contributed by atoms with Crippen molar-refractivity contribution in [2.24, 2.45) is 0 Å². The van der Waals surface area contributed by atoms with E-state index >= 15 is 0 Å². The van der Waals surface area contributed by atoms with Crippen LogP contribution in [0.2, 0.25) is 0 Å². The molecule has 0 bridgehead atoms. The van der Waals surface area contributed by atoms with Gasteiger partial charge in [-0.1, -0.05) is 24.3 Å². The molecule has 2 aromatic rings. The first-order chi connectivity index (χ1) is 12.4. The molecule has 0 saturated heterocycles. The fraction of sp³-hybridized carbons (Fsp3) is 0.158. The van der Waals surface area contributed by atoms with Crippen LogP contribution in [0.15, 0.2) is 48.5 Å². The summed E-state index contributed by atoms with van der Waals surface area (Å²) in [6.45, 7) is 1.24. The molecule has 0 aromatic heterocycles. The smallest absolute Gasteiger partial charge is 0.326 e. The molecule has 0 radical (unpaired) electrons. The van der Waals surface area contributed by atoms with Crippen molar-refractivity contribution in [3.05, 3.63) is 65.2 Å². The lowest BCUT2D eigenvalue weighted by Crippen LogP contribution is -2.42. The first-order valence-corrected chi connectivity index (χ1v) is 7.71. The predicted octanol–water partition coefficient (Wildman–Crippen LogP) is 1.91. The fourth-order valence-corrected chi connectivity index (χ4v) is 2.34. The molecule has 2 N–H and O–H groups in total. The lowest BCUT2D eigenvalue weighted by atomic mass is 10.0. The molecule has 0 fully saturated rings. The highest BCUT2D eigenvalue weighted by atomic mass is 16.5. The van der Waals surface area contributed by atoms with Crippen LogP contribution in [-0.2, 0) is 16.0 Å². The number of hydrogen-bond acceptors (Lipinski definition) is 5. The normalized spacial score (nSPS) is 11.1. The molecule has 0 spiro atoms. The van der Waals surface area contributed by atoms with Gasteiger partial charge in [-0.2, -0.15) is 5.26 Å². The number of aliphatic carboxylic acids is 1. The summed E-state index contributed by atoms with van der Waals surface area (Å²) in [5, 5.41) is 20.9. The zero-order chi connectivity index (χ0) is 19.1. The molecule has 0 heterocycles. The summed E-state index contributed by atoms with van der Waals surface area (Å²) in [5.41, 5.74) is 1.03. The van der Waals surface area contributed by atoms with Gasteiger partial charge in [0.05, 0.1) is 11.6 Å². The second-order valence-electron chi connectivity index (χ2n) is 5.46. The first kappa shape index (κ1) is 18.7. The summed E-state index contributed by atoms with van der Waals surface area (Å²) in [6.07, 6.45) is -0.0333. The van der Waals surface area contributed by atoms with Crippen molar-refractivity contribution < 1.29 is 24.2 Å². The second kappa shape index (κ2) is 8.44. The maximum atomic E-state index is 12.4.